The van der Waals surface area contributed by atoms with E-state index in [4.69, 9.17) is 5.10 Å². The lowest BCUT2D eigenvalue weighted by Crippen LogP contribution is -2.39. The van der Waals surface area contributed by atoms with E-state index in [0.29, 0.717) is 36.0 Å². The van der Waals surface area contributed by atoms with Crippen LogP contribution in [0.1, 0.15) is 45.7 Å². The van der Waals surface area contributed by atoms with Gasteiger partial charge in [-0.1, -0.05) is 83.2 Å². The number of nitrogens with one attached hydrogen (secondary N) is 2. The van der Waals surface area contributed by atoms with Crippen molar-refractivity contribution in [3.05, 3.63) is 80.5 Å². The van der Waals surface area contributed by atoms with Gasteiger partial charge < -0.3 is 10.6 Å². The molecule has 192 valence electrons. The molecule has 0 fully saturated rings. The van der Waals surface area contributed by atoms with Crippen molar-refractivity contribution in [2.45, 2.75) is 66.3 Å². The minimum Gasteiger partial charge on any atom is -0.363 e. The molecule has 2 aromatic heterocycles. The maximum absolute atomic E-state index is 13.4. The van der Waals surface area contributed by atoms with Gasteiger partial charge >= 0.3 is 5.69 Å². The molecule has 8 heteroatoms. The first-order valence-corrected chi connectivity index (χ1v) is 12.8. The highest BCUT2D eigenvalue weighted by atomic mass is 16.2. The summed E-state index contributed by atoms with van der Waals surface area (Å²) in [6.07, 6.45) is 8.28. The lowest BCUT2D eigenvalue weighted by molar-refractivity contribution is 0.498. The summed E-state index contributed by atoms with van der Waals surface area (Å²) < 4.78 is 4.67. The molecular weight excluding hydrogens is 452 g/mol. The number of fused-ring (bicyclic) bond motifs is 1. The van der Waals surface area contributed by atoms with Crippen molar-refractivity contribution in [2.24, 2.45) is 18.9 Å². The molecule has 1 aliphatic rings. The van der Waals surface area contributed by atoms with Gasteiger partial charge in [0.1, 0.15) is 11.2 Å². The molecule has 0 spiro atoms. The minimum absolute atomic E-state index is 0.00501. The fraction of sp³-hybridized carbons (Fsp3) is 0.464. The topological polar surface area (TPSA) is 85.9 Å². The first-order chi connectivity index (χ1) is 17.2. The van der Waals surface area contributed by atoms with Crippen LogP contribution in [0.4, 0.5) is 5.82 Å². The van der Waals surface area contributed by atoms with Gasteiger partial charge in [0.2, 0.25) is 0 Å². The van der Waals surface area contributed by atoms with Gasteiger partial charge in [0.15, 0.2) is 5.65 Å². The maximum atomic E-state index is 13.4. The van der Waals surface area contributed by atoms with Crippen LogP contribution in [0.5, 0.6) is 0 Å². The molecule has 0 saturated heterocycles. The molecule has 0 bridgehead atoms. The van der Waals surface area contributed by atoms with Crippen molar-refractivity contribution >= 4 is 16.9 Å². The summed E-state index contributed by atoms with van der Waals surface area (Å²) in [6.45, 7) is 12.2. The van der Waals surface area contributed by atoms with E-state index in [1.165, 1.54) is 10.1 Å². The summed E-state index contributed by atoms with van der Waals surface area (Å²) in [5, 5.41) is 12.4. The van der Waals surface area contributed by atoms with Crippen molar-refractivity contribution in [2.75, 3.05) is 5.32 Å². The van der Waals surface area contributed by atoms with Crippen LogP contribution in [0.2, 0.25) is 0 Å². The lowest BCUT2D eigenvalue weighted by atomic mass is 9.97. The Morgan fingerprint density at radius 1 is 1.06 bits per heavy atom. The SMILES string of the molecule is CC(C)Cn1c(=O)n(C)c(=O)c2c(NC3C=CC=CC3C)n(Cc3cccc(CNC(C)C)c3)nc21. The van der Waals surface area contributed by atoms with E-state index in [0.717, 1.165) is 12.1 Å². The second-order valence-corrected chi connectivity index (χ2v) is 10.5. The molecule has 0 aliphatic heterocycles. The van der Waals surface area contributed by atoms with E-state index >= 15 is 0 Å². The number of rotatable bonds is 9. The van der Waals surface area contributed by atoms with Gasteiger partial charge in [-0.2, -0.15) is 5.10 Å². The van der Waals surface area contributed by atoms with Gasteiger partial charge in [-0.15, -0.1) is 0 Å². The zero-order valence-corrected chi connectivity index (χ0v) is 22.2. The molecule has 0 saturated carbocycles. The molecule has 8 nitrogen and oxygen atoms in total. The molecule has 1 aromatic carbocycles. The normalized spacial score (nSPS) is 17.6. The third-order valence-electron chi connectivity index (χ3n) is 6.53. The fourth-order valence-corrected chi connectivity index (χ4v) is 4.54. The average molecular weight is 491 g/mol. The van der Waals surface area contributed by atoms with Gasteiger partial charge in [0.25, 0.3) is 5.56 Å². The highest BCUT2D eigenvalue weighted by Crippen LogP contribution is 2.25. The van der Waals surface area contributed by atoms with Crippen LogP contribution in [0.3, 0.4) is 0 Å². The van der Waals surface area contributed by atoms with Crippen LogP contribution in [0, 0.1) is 11.8 Å². The number of anilines is 1. The Labute approximate surface area is 212 Å². The van der Waals surface area contributed by atoms with Crippen molar-refractivity contribution in [3.8, 4) is 0 Å². The predicted molar refractivity (Wildman–Crippen MR) is 146 cm³/mol. The Bertz CT molecular complexity index is 1410. The summed E-state index contributed by atoms with van der Waals surface area (Å²) in [5.41, 5.74) is 2.03. The molecule has 4 rings (SSSR count). The Morgan fingerprint density at radius 2 is 1.78 bits per heavy atom. The van der Waals surface area contributed by atoms with Crippen LogP contribution < -0.4 is 21.9 Å². The Hall–Kier alpha value is -3.39. The van der Waals surface area contributed by atoms with Crippen molar-refractivity contribution in [1.82, 2.24) is 24.2 Å². The van der Waals surface area contributed by atoms with Gasteiger partial charge in [-0.3, -0.25) is 13.9 Å². The number of hydrogen-bond donors (Lipinski definition) is 2. The summed E-state index contributed by atoms with van der Waals surface area (Å²) in [4.78, 5) is 26.5. The smallest absolute Gasteiger partial charge is 0.332 e. The van der Waals surface area contributed by atoms with Gasteiger partial charge in [-0.05, 0) is 23.0 Å². The fourth-order valence-electron chi connectivity index (χ4n) is 4.54. The number of hydrogen-bond acceptors (Lipinski definition) is 5. The van der Waals surface area contributed by atoms with Gasteiger partial charge in [0.05, 0.1) is 12.6 Å². The second kappa shape index (κ2) is 10.7. The zero-order valence-electron chi connectivity index (χ0n) is 22.2. The Morgan fingerprint density at radius 3 is 2.47 bits per heavy atom. The van der Waals surface area contributed by atoms with E-state index in [1.54, 1.807) is 11.6 Å². The molecule has 2 heterocycles. The molecule has 1 aliphatic carbocycles. The molecule has 0 radical (unpaired) electrons. The van der Waals surface area contributed by atoms with E-state index < -0.39 is 0 Å². The van der Waals surface area contributed by atoms with E-state index in [-0.39, 0.29) is 29.1 Å². The standard InChI is InChI=1S/C28H38N6O2/c1-18(2)16-33-26-24(27(35)32(6)28(33)36)25(30-23-13-8-7-10-20(23)5)34(31-26)17-22-12-9-11-21(14-22)15-29-19(3)4/h7-14,18-20,23,29-30H,15-17H2,1-6H3. The molecular formula is C28H38N6O2. The number of benzene rings is 1. The van der Waals surface area contributed by atoms with Crippen LogP contribution in [-0.2, 0) is 26.7 Å². The third kappa shape index (κ3) is 5.38. The van der Waals surface area contributed by atoms with E-state index in [2.05, 4.69) is 75.6 Å². The van der Waals surface area contributed by atoms with Crippen molar-refractivity contribution < 1.29 is 0 Å². The summed E-state index contributed by atoms with van der Waals surface area (Å²) in [6, 6.07) is 8.79. The zero-order chi connectivity index (χ0) is 26.0. The first kappa shape index (κ1) is 25.7. The highest BCUT2D eigenvalue weighted by Gasteiger charge is 2.24. The first-order valence-electron chi connectivity index (χ1n) is 12.8. The second-order valence-electron chi connectivity index (χ2n) is 10.5. The molecule has 0 amide bonds. The van der Waals surface area contributed by atoms with Gasteiger partial charge in [-0.25, -0.2) is 9.48 Å². The summed E-state index contributed by atoms with van der Waals surface area (Å²) in [7, 11) is 1.54. The summed E-state index contributed by atoms with van der Waals surface area (Å²) >= 11 is 0. The monoisotopic (exact) mass is 490 g/mol. The molecule has 2 atom stereocenters. The molecule has 3 aromatic rings. The minimum atomic E-state index is -0.340. The maximum Gasteiger partial charge on any atom is 0.332 e. The van der Waals surface area contributed by atoms with Crippen LogP contribution in [-0.4, -0.2) is 31.0 Å². The van der Waals surface area contributed by atoms with Gasteiger partial charge in [0, 0.05) is 26.2 Å². The molecule has 2 unspecified atom stereocenters. The molecule has 36 heavy (non-hydrogen) atoms. The van der Waals surface area contributed by atoms with E-state index in [1.807, 2.05) is 22.9 Å². The Balaban J connectivity index is 1.85. The van der Waals surface area contributed by atoms with Crippen LogP contribution in [0.25, 0.3) is 11.0 Å². The van der Waals surface area contributed by atoms with Crippen molar-refractivity contribution in [1.29, 1.82) is 0 Å². The number of nitrogens with zero attached hydrogens (tertiary/aromatic N) is 4. The largest absolute Gasteiger partial charge is 0.363 e. The van der Waals surface area contributed by atoms with Crippen LogP contribution >= 0.6 is 0 Å². The van der Waals surface area contributed by atoms with Crippen molar-refractivity contribution in [3.63, 3.8) is 0 Å². The Kier molecular flexibility index (Phi) is 7.64. The van der Waals surface area contributed by atoms with E-state index in [9.17, 15) is 9.59 Å². The van der Waals surface area contributed by atoms with Crippen LogP contribution in [0.15, 0.2) is 58.2 Å². The lowest BCUT2D eigenvalue weighted by Gasteiger charge is -2.23. The number of allylic oxidation sites excluding steroid dienone is 2. The average Bonchev–Trinajstić information content (AvgIpc) is 3.18. The number of aromatic nitrogens is 4. The molecule has 2 N–H and O–H groups in total. The quantitative estimate of drug-likeness (QED) is 0.478. The third-order valence-corrected chi connectivity index (χ3v) is 6.53. The predicted octanol–water partition coefficient (Wildman–Crippen LogP) is 3.64. The summed E-state index contributed by atoms with van der Waals surface area (Å²) in [5.74, 6) is 1.11. The highest BCUT2D eigenvalue weighted by molar-refractivity contribution is 5.87.